The number of hydrogen-bond acceptors (Lipinski definition) is 5. The van der Waals surface area contributed by atoms with Crippen LogP contribution in [0.3, 0.4) is 0 Å². The smallest absolute Gasteiger partial charge is 0.220 e. The van der Waals surface area contributed by atoms with Crippen LogP contribution in [0.25, 0.3) is 0 Å². The van der Waals surface area contributed by atoms with Crippen LogP contribution in [-0.4, -0.2) is 31.8 Å². The third kappa shape index (κ3) is 4.42. The Kier molecular flexibility index (Phi) is 5.26. The minimum absolute atomic E-state index is 0.0179. The third-order valence-corrected chi connectivity index (χ3v) is 5.26. The number of carbonyl (C=O) groups excluding carboxylic acids is 1. The molecule has 0 spiro atoms. The van der Waals surface area contributed by atoms with E-state index in [2.05, 4.69) is 5.32 Å². The average Bonchev–Trinajstić information content (AvgIpc) is 2.70. The Labute approximate surface area is 171 Å². The first-order valence-electron chi connectivity index (χ1n) is 9.98. The van der Waals surface area contributed by atoms with E-state index in [0.29, 0.717) is 32.5 Å². The molecule has 154 valence electrons. The van der Waals surface area contributed by atoms with Crippen molar-refractivity contribution in [2.24, 2.45) is 0 Å². The number of hydrogen-bond donors (Lipinski definition) is 1. The topological polar surface area (TPSA) is 66.0 Å². The molecular weight excluding hydrogens is 370 g/mol. The summed E-state index contributed by atoms with van der Waals surface area (Å²) in [6.07, 6.45) is 1.76. The van der Waals surface area contributed by atoms with Crippen molar-refractivity contribution in [1.29, 1.82) is 0 Å². The predicted octanol–water partition coefficient (Wildman–Crippen LogP) is 3.82. The Bertz CT molecular complexity index is 908. The number of methoxy groups -OCH3 is 1. The third-order valence-electron chi connectivity index (χ3n) is 5.26. The van der Waals surface area contributed by atoms with Gasteiger partial charge >= 0.3 is 0 Å². The highest BCUT2D eigenvalue weighted by atomic mass is 16.6. The van der Waals surface area contributed by atoms with Gasteiger partial charge in [-0.1, -0.05) is 6.07 Å². The standard InChI is InChI=1S/C23H27NO5/c1-23(2)14-18(17-7-6-16(26-3)13-20(17)29-23)24-22(25)9-5-15-4-8-19-21(12-15)28-11-10-27-19/h4,6-8,12-13,18H,5,9-11,14H2,1-3H3,(H,24,25)/t18-/m0/s1. The van der Waals surface area contributed by atoms with Gasteiger partial charge in [0.1, 0.15) is 30.3 Å². The van der Waals surface area contributed by atoms with E-state index in [-0.39, 0.29) is 17.6 Å². The molecule has 29 heavy (non-hydrogen) atoms. The van der Waals surface area contributed by atoms with E-state index in [1.54, 1.807) is 7.11 Å². The predicted molar refractivity (Wildman–Crippen MR) is 109 cm³/mol. The summed E-state index contributed by atoms with van der Waals surface area (Å²) in [6, 6.07) is 11.5. The minimum Gasteiger partial charge on any atom is -0.497 e. The fourth-order valence-electron chi connectivity index (χ4n) is 3.86. The van der Waals surface area contributed by atoms with Crippen LogP contribution in [0.5, 0.6) is 23.0 Å². The van der Waals surface area contributed by atoms with Crippen molar-refractivity contribution in [3.05, 3.63) is 47.5 Å². The Hall–Kier alpha value is -2.89. The summed E-state index contributed by atoms with van der Waals surface area (Å²) in [5, 5.41) is 3.19. The maximum Gasteiger partial charge on any atom is 0.220 e. The van der Waals surface area contributed by atoms with Crippen LogP contribution in [0.2, 0.25) is 0 Å². The molecule has 2 aliphatic rings. The molecule has 0 unspecified atom stereocenters. The molecule has 0 saturated heterocycles. The van der Waals surface area contributed by atoms with Gasteiger partial charge in [-0.15, -0.1) is 0 Å². The monoisotopic (exact) mass is 397 g/mol. The van der Waals surface area contributed by atoms with Crippen LogP contribution in [0, 0.1) is 0 Å². The molecule has 6 heteroatoms. The number of benzene rings is 2. The van der Waals surface area contributed by atoms with Crippen LogP contribution in [0.15, 0.2) is 36.4 Å². The van der Waals surface area contributed by atoms with Crippen molar-refractivity contribution in [2.75, 3.05) is 20.3 Å². The lowest BCUT2D eigenvalue weighted by molar-refractivity contribution is -0.122. The molecule has 0 radical (unpaired) electrons. The normalized spacial score (nSPS) is 18.9. The first-order valence-corrected chi connectivity index (χ1v) is 9.98. The summed E-state index contributed by atoms with van der Waals surface area (Å²) in [7, 11) is 1.63. The largest absolute Gasteiger partial charge is 0.497 e. The van der Waals surface area contributed by atoms with E-state index in [4.69, 9.17) is 18.9 Å². The summed E-state index contributed by atoms with van der Waals surface area (Å²) in [6.45, 7) is 5.19. The summed E-state index contributed by atoms with van der Waals surface area (Å²) >= 11 is 0. The van der Waals surface area contributed by atoms with Crippen LogP contribution in [0.1, 0.15) is 43.9 Å². The van der Waals surface area contributed by atoms with Gasteiger partial charge in [-0.25, -0.2) is 0 Å². The zero-order chi connectivity index (χ0) is 20.4. The molecular formula is C23H27NO5. The Morgan fingerprint density at radius 3 is 2.69 bits per heavy atom. The number of fused-ring (bicyclic) bond motifs is 2. The van der Waals surface area contributed by atoms with E-state index in [0.717, 1.165) is 34.1 Å². The lowest BCUT2D eigenvalue weighted by Gasteiger charge is -2.38. The van der Waals surface area contributed by atoms with Crippen molar-refractivity contribution >= 4 is 5.91 Å². The van der Waals surface area contributed by atoms with Crippen LogP contribution in [-0.2, 0) is 11.2 Å². The summed E-state index contributed by atoms with van der Waals surface area (Å²) in [5.41, 5.74) is 1.67. The van der Waals surface area contributed by atoms with E-state index in [1.165, 1.54) is 0 Å². The van der Waals surface area contributed by atoms with Crippen LogP contribution >= 0.6 is 0 Å². The molecule has 0 saturated carbocycles. The highest BCUT2D eigenvalue weighted by molar-refractivity contribution is 5.77. The lowest BCUT2D eigenvalue weighted by Crippen LogP contribution is -2.41. The van der Waals surface area contributed by atoms with Crippen molar-refractivity contribution in [2.45, 2.75) is 44.8 Å². The van der Waals surface area contributed by atoms with Gasteiger partial charge in [0.05, 0.1) is 13.2 Å². The molecule has 2 aliphatic heterocycles. The number of nitrogens with one attached hydrogen (secondary N) is 1. The molecule has 2 aromatic carbocycles. The van der Waals surface area contributed by atoms with Gasteiger partial charge in [-0.3, -0.25) is 4.79 Å². The van der Waals surface area contributed by atoms with Gasteiger partial charge in [0.2, 0.25) is 5.91 Å². The van der Waals surface area contributed by atoms with Crippen molar-refractivity contribution < 1.29 is 23.7 Å². The molecule has 0 aliphatic carbocycles. The highest BCUT2D eigenvalue weighted by Gasteiger charge is 2.34. The maximum absolute atomic E-state index is 12.7. The van der Waals surface area contributed by atoms with E-state index in [9.17, 15) is 4.79 Å². The van der Waals surface area contributed by atoms with E-state index < -0.39 is 0 Å². The average molecular weight is 397 g/mol. The second kappa shape index (κ2) is 7.85. The van der Waals surface area contributed by atoms with Crippen molar-refractivity contribution in [3.8, 4) is 23.0 Å². The summed E-state index contributed by atoms with van der Waals surface area (Å²) in [5.74, 6) is 3.04. The summed E-state index contributed by atoms with van der Waals surface area (Å²) < 4.78 is 22.6. The van der Waals surface area contributed by atoms with Crippen LogP contribution in [0.4, 0.5) is 0 Å². The number of aryl methyl sites for hydroxylation is 1. The molecule has 2 aromatic rings. The zero-order valence-corrected chi connectivity index (χ0v) is 17.1. The molecule has 0 aromatic heterocycles. The van der Waals surface area contributed by atoms with Gasteiger partial charge in [0.25, 0.3) is 0 Å². The quantitative estimate of drug-likeness (QED) is 0.831. The van der Waals surface area contributed by atoms with Gasteiger partial charge in [0.15, 0.2) is 11.5 Å². The SMILES string of the molecule is COc1ccc2c(c1)OC(C)(C)C[C@@H]2NC(=O)CCc1ccc2c(c1)OCCO2. The zero-order valence-electron chi connectivity index (χ0n) is 17.1. The molecule has 1 amide bonds. The minimum atomic E-state index is -0.368. The lowest BCUT2D eigenvalue weighted by atomic mass is 9.89. The van der Waals surface area contributed by atoms with E-state index >= 15 is 0 Å². The Morgan fingerprint density at radius 2 is 1.90 bits per heavy atom. The molecule has 0 fully saturated rings. The number of ether oxygens (including phenoxy) is 4. The maximum atomic E-state index is 12.7. The molecule has 4 rings (SSSR count). The Balaban J connectivity index is 1.42. The second-order valence-corrected chi connectivity index (χ2v) is 8.07. The number of rotatable bonds is 5. The van der Waals surface area contributed by atoms with Crippen molar-refractivity contribution in [3.63, 3.8) is 0 Å². The number of carbonyl (C=O) groups is 1. The molecule has 6 nitrogen and oxygen atoms in total. The Morgan fingerprint density at radius 1 is 1.10 bits per heavy atom. The number of amides is 1. The highest BCUT2D eigenvalue weighted by Crippen LogP contribution is 2.41. The van der Waals surface area contributed by atoms with Gasteiger partial charge in [-0.05, 0) is 50.1 Å². The molecule has 1 N–H and O–H groups in total. The second-order valence-electron chi connectivity index (χ2n) is 8.07. The van der Waals surface area contributed by atoms with Gasteiger partial charge in [-0.2, -0.15) is 0 Å². The summed E-state index contributed by atoms with van der Waals surface area (Å²) in [4.78, 5) is 12.7. The van der Waals surface area contributed by atoms with E-state index in [1.807, 2.05) is 50.2 Å². The molecule has 2 heterocycles. The fourth-order valence-corrected chi connectivity index (χ4v) is 3.86. The molecule has 0 bridgehead atoms. The van der Waals surface area contributed by atoms with Crippen molar-refractivity contribution in [1.82, 2.24) is 5.32 Å². The fraction of sp³-hybridized carbons (Fsp3) is 0.435. The van der Waals surface area contributed by atoms with Gasteiger partial charge in [0, 0.05) is 24.5 Å². The van der Waals surface area contributed by atoms with Gasteiger partial charge < -0.3 is 24.3 Å². The molecule has 1 atom stereocenters. The van der Waals surface area contributed by atoms with Crippen LogP contribution < -0.4 is 24.3 Å². The first kappa shape index (κ1) is 19.4. The first-order chi connectivity index (χ1) is 13.9.